The molecule has 2 N–H and O–H groups in total. The molecule has 0 atom stereocenters. The summed E-state index contributed by atoms with van der Waals surface area (Å²) in [5, 5.41) is 16.0. The number of allylic oxidation sites excluding steroid dienone is 5. The van der Waals surface area contributed by atoms with E-state index in [4.69, 9.17) is 5.41 Å². The summed E-state index contributed by atoms with van der Waals surface area (Å²) < 4.78 is 0. The van der Waals surface area contributed by atoms with Crippen molar-refractivity contribution in [3.05, 3.63) is 46.7 Å². The number of carbonyl (C=O) groups excluding carboxylic acids is 2. The molecule has 0 aromatic heterocycles. The molecule has 1 rings (SSSR count). The second-order valence-electron chi connectivity index (χ2n) is 4.53. The molecule has 0 saturated heterocycles. The van der Waals surface area contributed by atoms with E-state index in [1.54, 1.807) is 32.4 Å². The van der Waals surface area contributed by atoms with Gasteiger partial charge in [0.05, 0.1) is 0 Å². The van der Waals surface area contributed by atoms with Gasteiger partial charge in [-0.3, -0.25) is 14.6 Å². The van der Waals surface area contributed by atoms with Crippen LogP contribution in [0.25, 0.3) is 0 Å². The van der Waals surface area contributed by atoms with E-state index in [1.807, 2.05) is 6.92 Å². The van der Waals surface area contributed by atoms with Gasteiger partial charge in [-0.1, -0.05) is 31.3 Å². The number of hydrogen-bond donors (Lipinski definition) is 2. The van der Waals surface area contributed by atoms with E-state index >= 15 is 0 Å². The first-order chi connectivity index (χ1) is 11.0. The van der Waals surface area contributed by atoms with Crippen molar-refractivity contribution in [3.63, 3.8) is 0 Å². The summed E-state index contributed by atoms with van der Waals surface area (Å²) in [6, 6.07) is 0. The van der Waals surface area contributed by atoms with Crippen LogP contribution in [-0.2, 0) is 9.59 Å². The van der Waals surface area contributed by atoms with E-state index in [1.165, 1.54) is 5.01 Å². The number of thioether (sulfide) groups is 1. The number of hydrogen-bond acceptors (Lipinski definition) is 7. The van der Waals surface area contributed by atoms with Crippen molar-refractivity contribution in [2.75, 3.05) is 14.1 Å². The number of ketones is 1. The van der Waals surface area contributed by atoms with Gasteiger partial charge < -0.3 is 10.7 Å². The third kappa shape index (κ3) is 4.53. The fraction of sp³-hybridized carbons (Fsp3) is 0.250. The minimum absolute atomic E-state index is 0.201. The van der Waals surface area contributed by atoms with E-state index < -0.39 is 0 Å². The largest absolute Gasteiger partial charge is 0.394 e. The molecule has 1 heterocycles. The molecule has 23 heavy (non-hydrogen) atoms. The van der Waals surface area contributed by atoms with Gasteiger partial charge in [0.15, 0.2) is 11.3 Å². The molecule has 0 fully saturated rings. The zero-order chi connectivity index (χ0) is 17.4. The summed E-state index contributed by atoms with van der Waals surface area (Å²) in [5.41, 5.74) is 1.05. The van der Waals surface area contributed by atoms with Crippen molar-refractivity contribution >= 4 is 35.1 Å². The van der Waals surface area contributed by atoms with Crippen molar-refractivity contribution < 1.29 is 9.59 Å². The van der Waals surface area contributed by atoms with Gasteiger partial charge in [0.2, 0.25) is 5.78 Å². The second kappa shape index (κ2) is 8.89. The smallest absolute Gasteiger partial charge is 0.219 e. The van der Waals surface area contributed by atoms with E-state index in [0.29, 0.717) is 28.8 Å². The third-order valence-corrected chi connectivity index (χ3v) is 3.88. The first kappa shape index (κ1) is 18.6. The Morgan fingerprint density at radius 3 is 2.74 bits per heavy atom. The van der Waals surface area contributed by atoms with Gasteiger partial charge in [0.25, 0.3) is 0 Å². The summed E-state index contributed by atoms with van der Waals surface area (Å²) in [7, 11) is 3.31. The SMILES string of the molecule is C=C1SC(C(=O)C(/C=C\NC)=C\CC)=NN(C)C(C=O)=C1C=N. The zero-order valence-corrected chi connectivity index (χ0v) is 14.2. The molecule has 122 valence electrons. The molecule has 0 amide bonds. The molecule has 1 aliphatic rings. The van der Waals surface area contributed by atoms with Crippen LogP contribution in [0, 0.1) is 5.41 Å². The lowest BCUT2D eigenvalue weighted by Crippen LogP contribution is -2.18. The number of Topliss-reactive ketones (excluding diaryl/α,β-unsaturated/α-hetero) is 1. The maximum atomic E-state index is 12.7. The van der Waals surface area contributed by atoms with E-state index in [9.17, 15) is 9.59 Å². The van der Waals surface area contributed by atoms with Crippen molar-refractivity contribution in [2.45, 2.75) is 13.3 Å². The first-order valence-corrected chi connectivity index (χ1v) is 7.79. The van der Waals surface area contributed by atoms with Gasteiger partial charge in [-0.2, -0.15) is 5.10 Å². The van der Waals surface area contributed by atoms with Crippen molar-refractivity contribution in [1.82, 2.24) is 10.3 Å². The highest BCUT2D eigenvalue weighted by molar-refractivity contribution is 8.19. The predicted molar refractivity (Wildman–Crippen MR) is 95.4 cm³/mol. The topological polar surface area (TPSA) is 85.6 Å². The maximum Gasteiger partial charge on any atom is 0.219 e. The van der Waals surface area contributed by atoms with Crippen molar-refractivity contribution in [3.8, 4) is 0 Å². The fourth-order valence-corrected chi connectivity index (χ4v) is 2.72. The van der Waals surface area contributed by atoms with Crippen molar-refractivity contribution in [1.29, 1.82) is 5.41 Å². The lowest BCUT2D eigenvalue weighted by molar-refractivity contribution is -0.109. The lowest BCUT2D eigenvalue weighted by Gasteiger charge is -2.12. The monoisotopic (exact) mass is 332 g/mol. The quantitative estimate of drug-likeness (QED) is 0.323. The Balaban J connectivity index is 3.25. The molecule has 0 spiro atoms. The van der Waals surface area contributed by atoms with Crippen LogP contribution in [-0.4, -0.2) is 42.4 Å². The van der Waals surface area contributed by atoms with Gasteiger partial charge in [-0.05, 0) is 18.7 Å². The number of likely N-dealkylation sites (N-methyl/N-ethyl adjacent to an activating group) is 1. The summed E-state index contributed by atoms with van der Waals surface area (Å²) in [5.74, 6) is -0.257. The normalized spacial score (nSPS) is 16.3. The van der Waals surface area contributed by atoms with Crippen LogP contribution in [0.2, 0.25) is 0 Å². The molecular formula is C16H20N4O2S. The minimum atomic E-state index is -0.257. The number of rotatable bonds is 7. The molecule has 0 bridgehead atoms. The number of hydrazone groups is 1. The van der Waals surface area contributed by atoms with Crippen LogP contribution in [0.5, 0.6) is 0 Å². The molecule has 7 heteroatoms. The van der Waals surface area contributed by atoms with Gasteiger partial charge in [0, 0.05) is 36.4 Å². The molecule has 1 aliphatic heterocycles. The number of nitrogens with one attached hydrogen (secondary N) is 2. The Hall–Kier alpha value is -2.41. The van der Waals surface area contributed by atoms with Gasteiger partial charge in [0.1, 0.15) is 5.70 Å². The molecule has 0 aromatic rings. The Morgan fingerprint density at radius 1 is 1.52 bits per heavy atom. The summed E-state index contributed by atoms with van der Waals surface area (Å²) in [6.45, 7) is 5.78. The molecule has 0 aromatic carbocycles. The van der Waals surface area contributed by atoms with E-state index in [2.05, 4.69) is 17.0 Å². The third-order valence-electron chi connectivity index (χ3n) is 2.95. The molecule has 0 radical (unpaired) electrons. The number of nitrogens with zero attached hydrogens (tertiary/aromatic N) is 2. The van der Waals surface area contributed by atoms with Crippen LogP contribution < -0.4 is 5.32 Å². The Morgan fingerprint density at radius 2 is 2.22 bits per heavy atom. The average molecular weight is 332 g/mol. The Kier molecular flexibility index (Phi) is 7.21. The van der Waals surface area contributed by atoms with E-state index in [-0.39, 0.29) is 16.5 Å². The first-order valence-electron chi connectivity index (χ1n) is 6.98. The van der Waals surface area contributed by atoms with Crippen LogP contribution in [0.4, 0.5) is 0 Å². The van der Waals surface area contributed by atoms with Crippen LogP contribution in [0.15, 0.2) is 51.8 Å². The number of aldehydes is 1. The Bertz CT molecular complexity index is 644. The highest BCUT2D eigenvalue weighted by Crippen LogP contribution is 2.30. The summed E-state index contributed by atoms with van der Waals surface area (Å²) in [6.07, 6.45) is 7.49. The summed E-state index contributed by atoms with van der Waals surface area (Å²) in [4.78, 5) is 24.4. The molecule has 6 nitrogen and oxygen atoms in total. The van der Waals surface area contributed by atoms with Crippen LogP contribution >= 0.6 is 11.8 Å². The van der Waals surface area contributed by atoms with Gasteiger partial charge in [-0.15, -0.1) is 0 Å². The zero-order valence-electron chi connectivity index (χ0n) is 13.4. The molecule has 0 saturated carbocycles. The predicted octanol–water partition coefficient (Wildman–Crippen LogP) is 2.23. The Labute approximate surface area is 140 Å². The van der Waals surface area contributed by atoms with Crippen LogP contribution in [0.3, 0.4) is 0 Å². The van der Waals surface area contributed by atoms with Gasteiger partial charge in [-0.25, -0.2) is 0 Å². The molecule has 0 aliphatic carbocycles. The maximum absolute atomic E-state index is 12.7. The molecule has 0 unspecified atom stereocenters. The number of carbonyl (C=O) groups is 2. The van der Waals surface area contributed by atoms with Gasteiger partial charge >= 0.3 is 0 Å². The standard InChI is InChI=1S/C16H20N4O2S/c1-5-6-12(7-8-18-3)15(22)16-19-20(4)14(10-21)13(9-17)11(2)23-16/h6-10,17-18H,2,5H2,1,3-4H3/b8-7-,12-6-,17-9?. The lowest BCUT2D eigenvalue weighted by atomic mass is 10.1. The highest BCUT2D eigenvalue weighted by atomic mass is 32.2. The van der Waals surface area contributed by atoms with Crippen molar-refractivity contribution in [2.24, 2.45) is 5.10 Å². The summed E-state index contributed by atoms with van der Waals surface area (Å²) >= 11 is 1.06. The molecular weight excluding hydrogens is 312 g/mol. The fourth-order valence-electron chi connectivity index (χ4n) is 1.84. The minimum Gasteiger partial charge on any atom is -0.394 e. The second-order valence-corrected chi connectivity index (χ2v) is 5.62. The van der Waals surface area contributed by atoms with Crippen LogP contribution in [0.1, 0.15) is 13.3 Å². The average Bonchev–Trinajstić information content (AvgIpc) is 2.66. The van der Waals surface area contributed by atoms with E-state index in [0.717, 1.165) is 18.0 Å². The highest BCUT2D eigenvalue weighted by Gasteiger charge is 2.24.